The van der Waals surface area contributed by atoms with Crippen molar-refractivity contribution in [3.63, 3.8) is 0 Å². The van der Waals surface area contributed by atoms with E-state index in [1.807, 2.05) is 49.4 Å². The van der Waals surface area contributed by atoms with E-state index in [0.717, 1.165) is 16.3 Å². The van der Waals surface area contributed by atoms with Gasteiger partial charge in [-0.05, 0) is 41.5 Å². The first kappa shape index (κ1) is 12.4. The zero-order valence-electron chi connectivity index (χ0n) is 11.1. The van der Waals surface area contributed by atoms with Gasteiger partial charge in [0.25, 0.3) is 0 Å². The van der Waals surface area contributed by atoms with E-state index < -0.39 is 0 Å². The summed E-state index contributed by atoms with van der Waals surface area (Å²) in [5, 5.41) is 2.04. The van der Waals surface area contributed by atoms with E-state index in [4.69, 9.17) is 5.73 Å². The highest BCUT2D eigenvalue weighted by Crippen LogP contribution is 2.24. The van der Waals surface area contributed by atoms with Crippen molar-refractivity contribution < 1.29 is 4.79 Å². The molecule has 3 nitrogen and oxygen atoms in total. The van der Waals surface area contributed by atoms with E-state index in [9.17, 15) is 4.79 Å². The van der Waals surface area contributed by atoms with Gasteiger partial charge in [0, 0.05) is 29.2 Å². The summed E-state index contributed by atoms with van der Waals surface area (Å²) in [6.45, 7) is 1.89. The van der Waals surface area contributed by atoms with Crippen LogP contribution in [0.1, 0.15) is 21.5 Å². The number of nitrogen functional groups attached to an aromatic ring is 1. The summed E-state index contributed by atoms with van der Waals surface area (Å²) in [6, 6.07) is 13.4. The molecule has 0 bridgehead atoms. The van der Waals surface area contributed by atoms with Gasteiger partial charge in [0.15, 0.2) is 5.78 Å². The minimum Gasteiger partial charge on any atom is -0.398 e. The highest BCUT2D eigenvalue weighted by molar-refractivity contribution is 6.14. The number of aryl methyl sites for hydroxylation is 1. The molecule has 0 amide bonds. The molecule has 0 saturated carbocycles. The topological polar surface area (TPSA) is 56.0 Å². The summed E-state index contributed by atoms with van der Waals surface area (Å²) >= 11 is 0. The van der Waals surface area contributed by atoms with Gasteiger partial charge in [0.05, 0.1) is 0 Å². The lowest BCUT2D eigenvalue weighted by atomic mass is 9.97. The molecule has 3 rings (SSSR count). The third-order valence-corrected chi connectivity index (χ3v) is 3.45. The molecular formula is C17H14N2O. The van der Waals surface area contributed by atoms with Gasteiger partial charge in [-0.2, -0.15) is 0 Å². The van der Waals surface area contributed by atoms with Crippen LogP contribution in [0.4, 0.5) is 5.69 Å². The maximum Gasteiger partial charge on any atom is 0.196 e. The highest BCUT2D eigenvalue weighted by atomic mass is 16.1. The number of carbonyl (C=O) groups excluding carboxylic acids is 1. The molecule has 1 aromatic heterocycles. The number of nitrogens with zero attached hydrogens (tertiary/aromatic N) is 1. The number of carbonyl (C=O) groups is 1. The molecule has 0 atom stereocenters. The Morgan fingerprint density at radius 3 is 2.45 bits per heavy atom. The van der Waals surface area contributed by atoms with Gasteiger partial charge in [0.2, 0.25) is 0 Å². The van der Waals surface area contributed by atoms with Crippen LogP contribution in [0, 0.1) is 6.92 Å². The number of anilines is 1. The lowest BCUT2D eigenvalue weighted by Crippen LogP contribution is -2.07. The number of hydrogen-bond acceptors (Lipinski definition) is 3. The van der Waals surface area contributed by atoms with Gasteiger partial charge in [-0.3, -0.25) is 9.78 Å². The normalized spacial score (nSPS) is 10.7. The minimum absolute atomic E-state index is 0.0844. The second-order valence-electron chi connectivity index (χ2n) is 4.81. The number of rotatable bonds is 2. The Morgan fingerprint density at radius 2 is 1.75 bits per heavy atom. The van der Waals surface area contributed by atoms with Crippen LogP contribution in [0.25, 0.3) is 10.8 Å². The lowest BCUT2D eigenvalue weighted by molar-refractivity contribution is 0.103. The van der Waals surface area contributed by atoms with Crippen LogP contribution in [-0.2, 0) is 0 Å². The van der Waals surface area contributed by atoms with Crippen molar-refractivity contribution in [3.05, 3.63) is 71.5 Å². The number of hydrogen-bond donors (Lipinski definition) is 1. The summed E-state index contributed by atoms with van der Waals surface area (Å²) in [6.07, 6.45) is 3.27. The SMILES string of the molecule is Cc1ccncc1C(=O)c1cc2ccccc2cc1N. The van der Waals surface area contributed by atoms with E-state index in [0.29, 0.717) is 16.8 Å². The quantitative estimate of drug-likeness (QED) is 0.569. The molecule has 98 valence electrons. The Morgan fingerprint density at radius 1 is 1.05 bits per heavy atom. The predicted molar refractivity (Wildman–Crippen MR) is 80.8 cm³/mol. The first-order valence-electron chi connectivity index (χ1n) is 6.40. The predicted octanol–water partition coefficient (Wildman–Crippen LogP) is 3.36. The van der Waals surface area contributed by atoms with Crippen LogP contribution in [0.2, 0.25) is 0 Å². The second kappa shape index (κ2) is 4.78. The maximum atomic E-state index is 12.6. The fourth-order valence-corrected chi connectivity index (χ4v) is 2.30. The Balaban J connectivity index is 2.17. The van der Waals surface area contributed by atoms with E-state index in [1.54, 1.807) is 12.4 Å². The molecule has 1 heterocycles. The summed E-state index contributed by atoms with van der Waals surface area (Å²) in [4.78, 5) is 16.6. The molecular weight excluding hydrogens is 248 g/mol. The fourth-order valence-electron chi connectivity index (χ4n) is 2.30. The van der Waals surface area contributed by atoms with Gasteiger partial charge < -0.3 is 5.73 Å². The van der Waals surface area contributed by atoms with Crippen molar-refractivity contribution in [1.82, 2.24) is 4.98 Å². The van der Waals surface area contributed by atoms with Crippen molar-refractivity contribution in [2.75, 3.05) is 5.73 Å². The number of benzene rings is 2. The highest BCUT2D eigenvalue weighted by Gasteiger charge is 2.15. The Labute approximate surface area is 117 Å². The van der Waals surface area contributed by atoms with E-state index in [1.165, 1.54) is 0 Å². The molecule has 0 aliphatic heterocycles. The maximum absolute atomic E-state index is 12.6. The first-order chi connectivity index (χ1) is 9.66. The number of fused-ring (bicyclic) bond motifs is 1. The van der Waals surface area contributed by atoms with Crippen molar-refractivity contribution in [2.24, 2.45) is 0 Å². The molecule has 20 heavy (non-hydrogen) atoms. The van der Waals surface area contributed by atoms with Gasteiger partial charge in [-0.15, -0.1) is 0 Å². The lowest BCUT2D eigenvalue weighted by Gasteiger charge is -2.09. The third kappa shape index (κ3) is 2.03. The fraction of sp³-hybridized carbons (Fsp3) is 0.0588. The molecule has 0 aliphatic carbocycles. The number of aromatic nitrogens is 1. The van der Waals surface area contributed by atoms with Crippen LogP contribution in [-0.4, -0.2) is 10.8 Å². The van der Waals surface area contributed by atoms with Gasteiger partial charge in [0.1, 0.15) is 0 Å². The molecule has 2 aromatic carbocycles. The minimum atomic E-state index is -0.0844. The zero-order valence-corrected chi connectivity index (χ0v) is 11.1. The Bertz CT molecular complexity index is 809. The number of pyridine rings is 1. The van der Waals surface area contributed by atoms with Gasteiger partial charge >= 0.3 is 0 Å². The molecule has 3 aromatic rings. The number of nitrogens with two attached hydrogens (primary N) is 1. The Hall–Kier alpha value is -2.68. The van der Waals surface area contributed by atoms with Crippen molar-refractivity contribution in [3.8, 4) is 0 Å². The number of ketones is 1. The largest absolute Gasteiger partial charge is 0.398 e. The average molecular weight is 262 g/mol. The van der Waals surface area contributed by atoms with Crippen LogP contribution >= 0.6 is 0 Å². The first-order valence-corrected chi connectivity index (χ1v) is 6.40. The van der Waals surface area contributed by atoms with E-state index >= 15 is 0 Å². The van der Waals surface area contributed by atoms with Crippen molar-refractivity contribution in [2.45, 2.75) is 6.92 Å². The molecule has 0 unspecified atom stereocenters. The smallest absolute Gasteiger partial charge is 0.196 e. The van der Waals surface area contributed by atoms with Crippen LogP contribution < -0.4 is 5.73 Å². The summed E-state index contributed by atoms with van der Waals surface area (Å²) in [7, 11) is 0. The third-order valence-electron chi connectivity index (χ3n) is 3.45. The van der Waals surface area contributed by atoms with Crippen molar-refractivity contribution >= 4 is 22.2 Å². The van der Waals surface area contributed by atoms with Crippen molar-refractivity contribution in [1.29, 1.82) is 0 Å². The van der Waals surface area contributed by atoms with Crippen LogP contribution in [0.3, 0.4) is 0 Å². The monoisotopic (exact) mass is 262 g/mol. The molecule has 3 heteroatoms. The van der Waals surface area contributed by atoms with Crippen LogP contribution in [0.15, 0.2) is 54.9 Å². The average Bonchev–Trinajstić information content (AvgIpc) is 2.46. The second-order valence-corrected chi connectivity index (χ2v) is 4.81. The van der Waals surface area contributed by atoms with Gasteiger partial charge in [-0.1, -0.05) is 24.3 Å². The summed E-state index contributed by atoms with van der Waals surface area (Å²) in [5.74, 6) is -0.0844. The molecule has 0 spiro atoms. The summed E-state index contributed by atoms with van der Waals surface area (Å²) in [5.41, 5.74) is 8.55. The van der Waals surface area contributed by atoms with E-state index in [-0.39, 0.29) is 5.78 Å². The van der Waals surface area contributed by atoms with Gasteiger partial charge in [-0.25, -0.2) is 0 Å². The Kier molecular flexibility index (Phi) is 2.95. The van der Waals surface area contributed by atoms with E-state index in [2.05, 4.69) is 4.98 Å². The molecule has 0 aliphatic rings. The van der Waals surface area contributed by atoms with Crippen LogP contribution in [0.5, 0.6) is 0 Å². The molecule has 0 radical (unpaired) electrons. The standard InChI is InChI=1S/C17H14N2O/c1-11-6-7-19-10-15(11)17(20)14-8-12-4-2-3-5-13(12)9-16(14)18/h2-10H,18H2,1H3. The molecule has 0 fully saturated rings. The summed E-state index contributed by atoms with van der Waals surface area (Å²) < 4.78 is 0. The molecule has 2 N–H and O–H groups in total. The zero-order chi connectivity index (χ0) is 14.1. The molecule has 0 saturated heterocycles.